The molecule has 4 rings (SSSR count). The van der Waals surface area contributed by atoms with Crippen LogP contribution in [0.4, 0.5) is 0 Å². The Kier molecular flexibility index (Phi) is 5.42. The second kappa shape index (κ2) is 8.16. The average molecular weight is 403 g/mol. The van der Waals surface area contributed by atoms with E-state index in [-0.39, 0.29) is 11.8 Å². The number of nitrogens with zero attached hydrogens (tertiary/aromatic N) is 1. The van der Waals surface area contributed by atoms with Crippen LogP contribution in [0.3, 0.4) is 0 Å². The summed E-state index contributed by atoms with van der Waals surface area (Å²) in [5.74, 6) is 0.232. The Morgan fingerprint density at radius 2 is 1.30 bits per heavy atom. The van der Waals surface area contributed by atoms with Crippen LogP contribution in [-0.2, 0) is 9.59 Å². The van der Waals surface area contributed by atoms with E-state index in [2.05, 4.69) is 15.5 Å². The first-order valence-electron chi connectivity index (χ1n) is 10.0. The van der Waals surface area contributed by atoms with Gasteiger partial charge in [0.25, 0.3) is 11.8 Å². The fraction of sp³-hybridized carbons (Fsp3) is 0.250. The SMILES string of the molecule is Cc1ccc(C2=C3C(=O)NC(c4ccc(OCCCN(C)C)cc4)=C3C(=O)N2)cc1. The summed E-state index contributed by atoms with van der Waals surface area (Å²) in [6.45, 7) is 3.60. The van der Waals surface area contributed by atoms with Crippen molar-refractivity contribution in [3.05, 3.63) is 76.4 Å². The highest BCUT2D eigenvalue weighted by Gasteiger charge is 2.40. The molecule has 0 aromatic heterocycles. The predicted octanol–water partition coefficient (Wildman–Crippen LogP) is 2.71. The lowest BCUT2D eigenvalue weighted by Crippen LogP contribution is -2.21. The molecule has 2 N–H and O–H groups in total. The molecule has 0 saturated heterocycles. The largest absolute Gasteiger partial charge is 0.494 e. The van der Waals surface area contributed by atoms with Gasteiger partial charge < -0.3 is 20.3 Å². The van der Waals surface area contributed by atoms with E-state index in [9.17, 15) is 9.59 Å². The normalized spacial score (nSPS) is 15.6. The second-order valence-electron chi connectivity index (χ2n) is 7.80. The molecule has 2 aliphatic rings. The van der Waals surface area contributed by atoms with Gasteiger partial charge in [-0.05, 0) is 62.8 Å². The number of carbonyl (C=O) groups excluding carboxylic acids is 2. The zero-order chi connectivity index (χ0) is 21.3. The number of carbonyl (C=O) groups is 2. The van der Waals surface area contributed by atoms with Crippen molar-refractivity contribution >= 4 is 23.2 Å². The lowest BCUT2D eigenvalue weighted by atomic mass is 10.0. The molecule has 0 spiro atoms. The molecule has 0 saturated carbocycles. The first-order valence-corrected chi connectivity index (χ1v) is 10.0. The minimum absolute atomic E-state index is 0.266. The van der Waals surface area contributed by atoms with Crippen molar-refractivity contribution < 1.29 is 14.3 Å². The van der Waals surface area contributed by atoms with E-state index in [0.29, 0.717) is 29.1 Å². The number of ether oxygens (including phenoxy) is 1. The van der Waals surface area contributed by atoms with Crippen molar-refractivity contribution in [3.63, 3.8) is 0 Å². The summed E-state index contributed by atoms with van der Waals surface area (Å²) in [7, 11) is 4.07. The third-order valence-electron chi connectivity index (χ3n) is 5.18. The van der Waals surface area contributed by atoms with Crippen molar-refractivity contribution in [1.29, 1.82) is 0 Å². The maximum Gasteiger partial charge on any atom is 0.258 e. The fourth-order valence-corrected chi connectivity index (χ4v) is 3.62. The van der Waals surface area contributed by atoms with Crippen molar-refractivity contribution in [2.45, 2.75) is 13.3 Å². The quantitative estimate of drug-likeness (QED) is 0.698. The molecule has 2 heterocycles. The lowest BCUT2D eigenvalue weighted by Gasteiger charge is -2.11. The Labute approximate surface area is 176 Å². The molecule has 0 radical (unpaired) electrons. The predicted molar refractivity (Wildman–Crippen MR) is 116 cm³/mol. The molecule has 2 aliphatic heterocycles. The number of hydrogen-bond acceptors (Lipinski definition) is 4. The van der Waals surface area contributed by atoms with Gasteiger partial charge in [-0.2, -0.15) is 0 Å². The van der Waals surface area contributed by atoms with E-state index in [0.717, 1.165) is 35.4 Å². The van der Waals surface area contributed by atoms with Gasteiger partial charge in [0.15, 0.2) is 0 Å². The first-order chi connectivity index (χ1) is 14.4. The number of fused-ring (bicyclic) bond motifs is 1. The standard InChI is InChI=1S/C24H25N3O3/c1-15-5-7-16(8-6-15)21-19-20(24(29)25-21)22(26-23(19)28)17-9-11-18(12-10-17)30-14-4-13-27(2)3/h5-12H,4,13-14H2,1-3H3,(H,25,29)(H,26,28). The smallest absolute Gasteiger partial charge is 0.258 e. The summed E-state index contributed by atoms with van der Waals surface area (Å²) in [5.41, 5.74) is 4.60. The summed E-state index contributed by atoms with van der Waals surface area (Å²) < 4.78 is 5.77. The molecule has 30 heavy (non-hydrogen) atoms. The maximum absolute atomic E-state index is 12.7. The minimum atomic E-state index is -0.266. The van der Waals surface area contributed by atoms with E-state index in [1.54, 1.807) is 0 Å². The highest BCUT2D eigenvalue weighted by atomic mass is 16.5. The number of rotatable bonds is 7. The van der Waals surface area contributed by atoms with Gasteiger partial charge in [-0.15, -0.1) is 0 Å². The van der Waals surface area contributed by atoms with Crippen LogP contribution in [0.2, 0.25) is 0 Å². The Morgan fingerprint density at radius 3 is 1.80 bits per heavy atom. The number of nitrogens with one attached hydrogen (secondary N) is 2. The summed E-state index contributed by atoms with van der Waals surface area (Å²) in [6, 6.07) is 15.2. The van der Waals surface area contributed by atoms with Gasteiger partial charge in [-0.1, -0.05) is 29.8 Å². The van der Waals surface area contributed by atoms with Crippen molar-refractivity contribution in [3.8, 4) is 5.75 Å². The molecule has 0 bridgehead atoms. The van der Waals surface area contributed by atoms with Crippen LogP contribution in [0.1, 0.15) is 23.1 Å². The molecule has 0 atom stereocenters. The van der Waals surface area contributed by atoms with Gasteiger partial charge in [0.2, 0.25) is 0 Å². The second-order valence-corrected chi connectivity index (χ2v) is 7.80. The van der Waals surface area contributed by atoms with Crippen LogP contribution in [0.15, 0.2) is 59.7 Å². The van der Waals surface area contributed by atoms with Crippen molar-refractivity contribution in [2.75, 3.05) is 27.2 Å². The molecule has 2 amide bonds. The van der Waals surface area contributed by atoms with Gasteiger partial charge in [0.1, 0.15) is 5.75 Å². The molecule has 2 aromatic carbocycles. The van der Waals surface area contributed by atoms with Crippen LogP contribution in [-0.4, -0.2) is 44.0 Å². The van der Waals surface area contributed by atoms with E-state index >= 15 is 0 Å². The summed E-state index contributed by atoms with van der Waals surface area (Å²) in [5, 5.41) is 5.74. The van der Waals surface area contributed by atoms with E-state index < -0.39 is 0 Å². The topological polar surface area (TPSA) is 70.7 Å². The molecule has 154 valence electrons. The third-order valence-corrected chi connectivity index (χ3v) is 5.18. The molecular weight excluding hydrogens is 378 g/mol. The molecule has 0 aliphatic carbocycles. The first kappa shape index (κ1) is 19.9. The zero-order valence-corrected chi connectivity index (χ0v) is 17.4. The van der Waals surface area contributed by atoms with Gasteiger partial charge in [0.05, 0.1) is 29.1 Å². The third kappa shape index (κ3) is 3.86. The van der Waals surface area contributed by atoms with Crippen LogP contribution in [0.25, 0.3) is 11.4 Å². The van der Waals surface area contributed by atoms with E-state index in [1.807, 2.05) is 69.6 Å². The van der Waals surface area contributed by atoms with Gasteiger partial charge in [0, 0.05) is 6.54 Å². The molecule has 0 unspecified atom stereocenters. The Bertz CT molecular complexity index is 1050. The summed E-state index contributed by atoms with van der Waals surface area (Å²) >= 11 is 0. The van der Waals surface area contributed by atoms with Crippen LogP contribution in [0, 0.1) is 6.92 Å². The van der Waals surface area contributed by atoms with E-state index in [1.165, 1.54) is 0 Å². The number of hydrogen-bond donors (Lipinski definition) is 2. The Morgan fingerprint density at radius 1 is 0.800 bits per heavy atom. The van der Waals surface area contributed by atoms with Crippen molar-refractivity contribution in [2.24, 2.45) is 0 Å². The number of amides is 2. The van der Waals surface area contributed by atoms with Gasteiger partial charge in [-0.3, -0.25) is 9.59 Å². The van der Waals surface area contributed by atoms with Gasteiger partial charge >= 0.3 is 0 Å². The maximum atomic E-state index is 12.7. The van der Waals surface area contributed by atoms with Crippen molar-refractivity contribution in [1.82, 2.24) is 15.5 Å². The molecule has 2 aromatic rings. The Balaban J connectivity index is 1.59. The molecule has 0 fully saturated rings. The van der Waals surface area contributed by atoms with Crippen LogP contribution >= 0.6 is 0 Å². The molecule has 6 heteroatoms. The monoisotopic (exact) mass is 403 g/mol. The Hall–Kier alpha value is -3.38. The summed E-state index contributed by atoms with van der Waals surface area (Å²) in [6.07, 6.45) is 0.941. The van der Waals surface area contributed by atoms with Crippen LogP contribution < -0.4 is 15.4 Å². The fourth-order valence-electron chi connectivity index (χ4n) is 3.62. The van der Waals surface area contributed by atoms with E-state index in [4.69, 9.17) is 4.74 Å². The highest BCUT2D eigenvalue weighted by molar-refractivity contribution is 6.30. The van der Waals surface area contributed by atoms with Gasteiger partial charge in [-0.25, -0.2) is 0 Å². The highest BCUT2D eigenvalue weighted by Crippen LogP contribution is 2.37. The zero-order valence-electron chi connectivity index (χ0n) is 17.4. The average Bonchev–Trinajstić information content (AvgIpc) is 3.25. The molecular formula is C24H25N3O3. The number of aryl methyl sites for hydroxylation is 1. The van der Waals surface area contributed by atoms with Crippen LogP contribution in [0.5, 0.6) is 5.75 Å². The minimum Gasteiger partial charge on any atom is -0.494 e. The summed E-state index contributed by atoms with van der Waals surface area (Å²) in [4.78, 5) is 27.5. The lowest BCUT2D eigenvalue weighted by molar-refractivity contribution is -0.117. The molecule has 6 nitrogen and oxygen atoms in total. The number of benzene rings is 2.